The lowest BCUT2D eigenvalue weighted by Crippen LogP contribution is -2.38. The van der Waals surface area contributed by atoms with E-state index in [4.69, 9.17) is 10.3 Å². The van der Waals surface area contributed by atoms with E-state index in [9.17, 15) is 14.4 Å². The lowest BCUT2D eigenvalue weighted by Gasteiger charge is -2.09. The van der Waals surface area contributed by atoms with Gasteiger partial charge in [0, 0.05) is 0 Å². The maximum Gasteiger partial charge on any atom is 0.294 e. The van der Waals surface area contributed by atoms with Gasteiger partial charge >= 0.3 is 0 Å². The number of carbonyl (C=O) groups is 3. The van der Waals surface area contributed by atoms with Crippen LogP contribution in [0.2, 0.25) is 0 Å². The molecular weight excluding hydrogens is 284 g/mol. The predicted molar refractivity (Wildman–Crippen MR) is 70.7 cm³/mol. The summed E-state index contributed by atoms with van der Waals surface area (Å²) in [5.74, 6) is -1.36. The molecule has 1 aromatic rings. The summed E-state index contributed by atoms with van der Waals surface area (Å²) in [6, 6.07) is 6.08. The second-order valence-corrected chi connectivity index (χ2v) is 4.89. The number of imide groups is 1. The van der Waals surface area contributed by atoms with Crippen molar-refractivity contribution < 1.29 is 24.7 Å². The molecule has 104 valence electrons. The highest BCUT2D eigenvalue weighted by molar-refractivity contribution is 8.18. The number of phenolic OH excluding ortho intramolecular Hbond substituents is 1. The molecule has 3 N–H and O–H groups in total. The number of phenols is 1. The van der Waals surface area contributed by atoms with Crippen LogP contribution < -0.4 is 5.48 Å². The average Bonchev–Trinajstić information content (AvgIpc) is 2.69. The second-order valence-electron chi connectivity index (χ2n) is 3.89. The van der Waals surface area contributed by atoms with Crippen LogP contribution in [0.15, 0.2) is 29.2 Å². The highest BCUT2D eigenvalue weighted by Gasteiger charge is 2.36. The van der Waals surface area contributed by atoms with Gasteiger partial charge in [0.2, 0.25) is 0 Å². The van der Waals surface area contributed by atoms with Crippen LogP contribution in [0.4, 0.5) is 4.79 Å². The summed E-state index contributed by atoms with van der Waals surface area (Å²) in [6.07, 6.45) is 1.49. The zero-order valence-corrected chi connectivity index (χ0v) is 10.9. The molecule has 0 bridgehead atoms. The van der Waals surface area contributed by atoms with Crippen molar-refractivity contribution in [2.45, 2.75) is 0 Å². The fourth-order valence-corrected chi connectivity index (χ4v) is 2.38. The van der Waals surface area contributed by atoms with Crippen LogP contribution in [0.5, 0.6) is 5.75 Å². The Morgan fingerprint density at radius 1 is 1.30 bits per heavy atom. The van der Waals surface area contributed by atoms with E-state index in [2.05, 4.69) is 0 Å². The molecule has 0 aromatic heterocycles. The fourth-order valence-electron chi connectivity index (χ4n) is 1.54. The van der Waals surface area contributed by atoms with E-state index < -0.39 is 23.6 Å². The zero-order chi connectivity index (χ0) is 14.7. The van der Waals surface area contributed by atoms with Crippen LogP contribution in [0, 0.1) is 0 Å². The van der Waals surface area contributed by atoms with Crippen molar-refractivity contribution in [2.75, 3.05) is 6.54 Å². The zero-order valence-electron chi connectivity index (χ0n) is 10.1. The number of carbonyl (C=O) groups excluding carboxylic acids is 3. The lowest BCUT2D eigenvalue weighted by molar-refractivity contribution is -0.134. The van der Waals surface area contributed by atoms with Gasteiger partial charge in [-0.1, -0.05) is 12.1 Å². The predicted octanol–water partition coefficient (Wildman–Crippen LogP) is 0.934. The maximum atomic E-state index is 11.9. The van der Waals surface area contributed by atoms with Crippen molar-refractivity contribution in [3.05, 3.63) is 34.7 Å². The minimum absolute atomic E-state index is 0.0925. The molecule has 1 aliphatic heterocycles. The van der Waals surface area contributed by atoms with Gasteiger partial charge in [0.25, 0.3) is 17.1 Å². The number of amides is 3. The molecule has 7 nitrogen and oxygen atoms in total. The minimum Gasteiger partial charge on any atom is -0.508 e. The molecule has 0 saturated carbocycles. The van der Waals surface area contributed by atoms with Crippen LogP contribution in [-0.2, 0) is 9.59 Å². The molecule has 1 aromatic carbocycles. The van der Waals surface area contributed by atoms with Gasteiger partial charge in [0.05, 0.1) is 4.91 Å². The third-order valence-corrected chi connectivity index (χ3v) is 3.40. The first-order chi connectivity index (χ1) is 9.51. The number of rotatable bonds is 3. The third-order valence-electron chi connectivity index (χ3n) is 2.49. The summed E-state index contributed by atoms with van der Waals surface area (Å²) in [5, 5.41) is 17.0. The van der Waals surface area contributed by atoms with Crippen molar-refractivity contribution in [1.29, 1.82) is 0 Å². The molecule has 1 aliphatic rings. The third kappa shape index (κ3) is 2.98. The summed E-state index contributed by atoms with van der Waals surface area (Å²) in [7, 11) is 0. The SMILES string of the molecule is O=C(CN1C(=O)S/C(=C\c2ccc(O)cc2)C1=O)NO. The Balaban J connectivity index is 2.19. The Bertz CT molecular complexity index is 596. The Hall–Kier alpha value is -2.32. The first-order valence-electron chi connectivity index (χ1n) is 5.48. The Labute approximate surface area is 117 Å². The number of benzene rings is 1. The van der Waals surface area contributed by atoms with E-state index in [1.807, 2.05) is 0 Å². The number of nitrogens with one attached hydrogen (secondary N) is 1. The molecule has 0 radical (unpaired) electrons. The molecule has 8 heteroatoms. The fraction of sp³-hybridized carbons (Fsp3) is 0.0833. The standard InChI is InChI=1S/C12H10N2O5S/c15-8-3-1-7(2-4-8)5-9-11(17)14(12(18)20-9)6-10(16)13-19/h1-5,15,19H,6H2,(H,13,16)/b9-5-. The van der Waals surface area contributed by atoms with Gasteiger partial charge in [-0.15, -0.1) is 0 Å². The Kier molecular flexibility index (Phi) is 4.06. The number of hydrogen-bond donors (Lipinski definition) is 3. The van der Waals surface area contributed by atoms with Gasteiger partial charge in [0.1, 0.15) is 12.3 Å². The summed E-state index contributed by atoms with van der Waals surface area (Å²) in [5.41, 5.74) is 2.00. The largest absolute Gasteiger partial charge is 0.508 e. The molecule has 3 amide bonds. The Morgan fingerprint density at radius 3 is 2.55 bits per heavy atom. The number of thioether (sulfide) groups is 1. The highest BCUT2D eigenvalue weighted by Crippen LogP contribution is 2.32. The van der Waals surface area contributed by atoms with Crippen LogP contribution in [0.1, 0.15) is 5.56 Å². The summed E-state index contributed by atoms with van der Waals surface area (Å²) in [4.78, 5) is 35.5. The molecule has 0 unspecified atom stereocenters. The topological polar surface area (TPSA) is 107 Å². The average molecular weight is 294 g/mol. The van der Waals surface area contributed by atoms with E-state index in [1.54, 1.807) is 12.1 Å². The molecular formula is C12H10N2O5S. The smallest absolute Gasteiger partial charge is 0.294 e. The van der Waals surface area contributed by atoms with E-state index in [0.717, 1.165) is 4.90 Å². The van der Waals surface area contributed by atoms with Gasteiger partial charge in [0.15, 0.2) is 0 Å². The number of hydroxylamine groups is 1. The molecule has 0 aliphatic carbocycles. The Morgan fingerprint density at radius 2 is 1.95 bits per heavy atom. The molecule has 0 atom stereocenters. The van der Waals surface area contributed by atoms with E-state index in [1.165, 1.54) is 23.7 Å². The number of hydrogen-bond acceptors (Lipinski definition) is 6. The van der Waals surface area contributed by atoms with Crippen molar-refractivity contribution in [2.24, 2.45) is 0 Å². The molecule has 2 rings (SSSR count). The van der Waals surface area contributed by atoms with E-state index >= 15 is 0 Å². The van der Waals surface area contributed by atoms with Crippen LogP contribution in [-0.4, -0.2) is 38.8 Å². The van der Waals surface area contributed by atoms with Gasteiger partial charge in [-0.3, -0.25) is 24.5 Å². The van der Waals surface area contributed by atoms with Gasteiger partial charge < -0.3 is 5.11 Å². The summed E-state index contributed by atoms with van der Waals surface area (Å²) >= 11 is 0.708. The minimum atomic E-state index is -0.849. The monoisotopic (exact) mass is 294 g/mol. The van der Waals surface area contributed by atoms with Crippen molar-refractivity contribution in [3.63, 3.8) is 0 Å². The normalized spacial score (nSPS) is 16.9. The van der Waals surface area contributed by atoms with Crippen molar-refractivity contribution >= 4 is 34.9 Å². The molecule has 1 saturated heterocycles. The second kappa shape index (κ2) is 5.76. The van der Waals surface area contributed by atoms with Crippen LogP contribution >= 0.6 is 11.8 Å². The highest BCUT2D eigenvalue weighted by atomic mass is 32.2. The van der Waals surface area contributed by atoms with Gasteiger partial charge in [-0.25, -0.2) is 5.48 Å². The maximum absolute atomic E-state index is 11.9. The number of aromatic hydroxyl groups is 1. The van der Waals surface area contributed by atoms with Crippen molar-refractivity contribution in [3.8, 4) is 5.75 Å². The first-order valence-corrected chi connectivity index (χ1v) is 6.30. The van der Waals surface area contributed by atoms with E-state index in [0.29, 0.717) is 17.3 Å². The van der Waals surface area contributed by atoms with Gasteiger partial charge in [-0.05, 0) is 35.5 Å². The molecule has 1 fully saturated rings. The molecule has 0 spiro atoms. The lowest BCUT2D eigenvalue weighted by atomic mass is 10.2. The first kappa shape index (κ1) is 14.1. The van der Waals surface area contributed by atoms with Crippen molar-refractivity contribution in [1.82, 2.24) is 10.4 Å². The van der Waals surface area contributed by atoms with Gasteiger partial charge in [-0.2, -0.15) is 0 Å². The van der Waals surface area contributed by atoms with Crippen LogP contribution in [0.25, 0.3) is 6.08 Å². The summed E-state index contributed by atoms with van der Waals surface area (Å²) in [6.45, 7) is -0.534. The molecule has 20 heavy (non-hydrogen) atoms. The quantitative estimate of drug-likeness (QED) is 0.435. The summed E-state index contributed by atoms with van der Waals surface area (Å²) < 4.78 is 0. The van der Waals surface area contributed by atoms with E-state index in [-0.39, 0.29) is 10.7 Å². The number of nitrogens with zero attached hydrogens (tertiary/aromatic N) is 1. The molecule has 1 heterocycles. The van der Waals surface area contributed by atoms with Crippen LogP contribution in [0.3, 0.4) is 0 Å².